The maximum Gasteiger partial charge on any atom is 0.325 e. The van der Waals surface area contributed by atoms with Crippen molar-refractivity contribution in [1.82, 2.24) is 5.32 Å². The van der Waals surface area contributed by atoms with E-state index in [1.807, 2.05) is 0 Å². The van der Waals surface area contributed by atoms with Crippen LogP contribution in [0, 0.1) is 5.92 Å². The number of nitrogens with one attached hydrogen (secondary N) is 1. The quantitative estimate of drug-likeness (QED) is 0.759. The molecule has 1 aliphatic carbocycles. The van der Waals surface area contributed by atoms with Crippen LogP contribution in [0.1, 0.15) is 33.6 Å². The van der Waals surface area contributed by atoms with E-state index in [9.17, 15) is 9.90 Å². The number of thioether (sulfide) groups is 1. The third-order valence-electron chi connectivity index (χ3n) is 2.83. The van der Waals surface area contributed by atoms with Crippen LogP contribution >= 0.6 is 11.8 Å². The predicted octanol–water partition coefficient (Wildman–Crippen LogP) is 1.97. The molecule has 0 heterocycles. The van der Waals surface area contributed by atoms with Crippen LogP contribution in [0.4, 0.5) is 0 Å². The first kappa shape index (κ1) is 12.8. The first-order chi connectivity index (χ1) is 6.82. The number of rotatable bonds is 5. The van der Waals surface area contributed by atoms with Gasteiger partial charge in [0.05, 0.1) is 0 Å². The number of hydrogen-bond acceptors (Lipinski definition) is 3. The summed E-state index contributed by atoms with van der Waals surface area (Å²) in [4.78, 5) is 11.4. The average molecular weight is 231 g/mol. The summed E-state index contributed by atoms with van der Waals surface area (Å²) in [7, 11) is 1.76. The van der Waals surface area contributed by atoms with Crippen LogP contribution in [0.3, 0.4) is 0 Å². The van der Waals surface area contributed by atoms with Crippen molar-refractivity contribution < 1.29 is 9.90 Å². The Balaban J connectivity index is 2.68. The highest BCUT2D eigenvalue weighted by Gasteiger charge is 2.50. The zero-order chi connectivity index (χ0) is 11.7. The van der Waals surface area contributed by atoms with E-state index in [-0.39, 0.29) is 4.75 Å². The maximum absolute atomic E-state index is 11.4. The second-order valence-corrected chi connectivity index (χ2v) is 7.00. The molecule has 15 heavy (non-hydrogen) atoms. The van der Waals surface area contributed by atoms with E-state index in [0.29, 0.717) is 11.7 Å². The summed E-state index contributed by atoms with van der Waals surface area (Å²) in [5, 5.41) is 12.4. The summed E-state index contributed by atoms with van der Waals surface area (Å²) in [5.41, 5.74) is -0.710. The van der Waals surface area contributed by atoms with Gasteiger partial charge in [-0.2, -0.15) is 11.8 Å². The number of aliphatic carboxylic acids is 1. The molecule has 3 nitrogen and oxygen atoms in total. The van der Waals surface area contributed by atoms with Gasteiger partial charge in [0.25, 0.3) is 0 Å². The molecule has 88 valence electrons. The molecule has 0 aromatic heterocycles. The summed E-state index contributed by atoms with van der Waals surface area (Å²) >= 11 is 1.72. The second kappa shape index (κ2) is 4.34. The van der Waals surface area contributed by atoms with Gasteiger partial charge in [-0.15, -0.1) is 0 Å². The van der Waals surface area contributed by atoms with E-state index < -0.39 is 11.5 Å². The summed E-state index contributed by atoms with van der Waals surface area (Å²) in [5.74, 6) is 0.256. The van der Waals surface area contributed by atoms with E-state index in [0.717, 1.165) is 12.8 Å². The van der Waals surface area contributed by atoms with Crippen LogP contribution in [-0.4, -0.2) is 34.2 Å². The first-order valence-corrected chi connectivity index (χ1v) is 6.36. The van der Waals surface area contributed by atoms with Gasteiger partial charge < -0.3 is 10.4 Å². The fourth-order valence-corrected chi connectivity index (χ4v) is 2.81. The molecule has 0 aromatic rings. The summed E-state index contributed by atoms with van der Waals surface area (Å²) in [6.07, 6.45) is 2.08. The van der Waals surface area contributed by atoms with Gasteiger partial charge in [0.1, 0.15) is 5.54 Å². The van der Waals surface area contributed by atoms with Crippen LogP contribution < -0.4 is 5.32 Å². The second-order valence-electron chi connectivity index (χ2n) is 5.20. The zero-order valence-electron chi connectivity index (χ0n) is 9.96. The molecule has 2 N–H and O–H groups in total. The highest BCUT2D eigenvalue weighted by atomic mass is 32.2. The molecule has 1 atom stereocenters. The lowest BCUT2D eigenvalue weighted by atomic mass is 9.96. The van der Waals surface area contributed by atoms with Gasteiger partial charge in [-0.25, -0.2) is 0 Å². The number of hydrogen-bond donors (Lipinski definition) is 2. The largest absolute Gasteiger partial charge is 0.480 e. The molecule has 1 saturated carbocycles. The van der Waals surface area contributed by atoms with Crippen LogP contribution in [0.2, 0.25) is 0 Å². The minimum atomic E-state index is -0.710. The van der Waals surface area contributed by atoms with Crippen LogP contribution in [0.15, 0.2) is 0 Å². The summed E-state index contributed by atoms with van der Waals surface area (Å²) < 4.78 is 0.117. The topological polar surface area (TPSA) is 49.3 Å². The maximum atomic E-state index is 11.4. The van der Waals surface area contributed by atoms with Crippen molar-refractivity contribution in [3.63, 3.8) is 0 Å². The minimum absolute atomic E-state index is 0.117. The number of carboxylic acids is 1. The van der Waals surface area contributed by atoms with Gasteiger partial charge in [0, 0.05) is 10.5 Å². The summed E-state index contributed by atoms with van der Waals surface area (Å²) in [6.45, 7) is 6.35. The number of carboxylic acid groups (broad SMARTS) is 1. The van der Waals surface area contributed by atoms with Gasteiger partial charge in [-0.1, -0.05) is 20.8 Å². The van der Waals surface area contributed by atoms with E-state index >= 15 is 0 Å². The lowest BCUT2D eigenvalue weighted by Gasteiger charge is -2.31. The molecule has 0 spiro atoms. The predicted molar refractivity (Wildman–Crippen MR) is 64.4 cm³/mol. The molecule has 1 aliphatic rings. The Kier molecular flexibility index (Phi) is 3.71. The Morgan fingerprint density at radius 1 is 1.47 bits per heavy atom. The summed E-state index contributed by atoms with van der Waals surface area (Å²) in [6, 6.07) is 0. The van der Waals surface area contributed by atoms with Crippen molar-refractivity contribution >= 4 is 17.7 Å². The monoisotopic (exact) mass is 231 g/mol. The van der Waals surface area contributed by atoms with Crippen molar-refractivity contribution in [1.29, 1.82) is 0 Å². The Morgan fingerprint density at radius 2 is 2.00 bits per heavy atom. The molecule has 0 aliphatic heterocycles. The average Bonchev–Trinajstić information content (AvgIpc) is 2.87. The lowest BCUT2D eigenvalue weighted by Crippen LogP contribution is -2.55. The molecule has 0 amide bonds. The molecule has 0 saturated heterocycles. The third-order valence-corrected chi connectivity index (χ3v) is 4.30. The van der Waals surface area contributed by atoms with E-state index in [2.05, 4.69) is 26.1 Å². The highest BCUT2D eigenvalue weighted by molar-refractivity contribution is 8.00. The van der Waals surface area contributed by atoms with Crippen molar-refractivity contribution in [3.8, 4) is 0 Å². The van der Waals surface area contributed by atoms with Gasteiger partial charge in [0.15, 0.2) is 0 Å². The number of carbonyl (C=O) groups is 1. The molecular formula is C11H21NO2S. The Morgan fingerprint density at radius 3 is 2.27 bits per heavy atom. The van der Waals surface area contributed by atoms with Crippen molar-refractivity contribution in [2.75, 3.05) is 12.8 Å². The molecule has 0 aromatic carbocycles. The van der Waals surface area contributed by atoms with E-state index in [1.54, 1.807) is 18.8 Å². The normalized spacial score (nSPS) is 21.1. The van der Waals surface area contributed by atoms with Gasteiger partial charge in [0.2, 0.25) is 0 Å². The molecule has 1 rings (SSSR count). The fourth-order valence-electron chi connectivity index (χ4n) is 1.64. The van der Waals surface area contributed by atoms with Crippen molar-refractivity contribution in [3.05, 3.63) is 0 Å². The Labute approximate surface area is 96.0 Å². The Hall–Kier alpha value is -0.220. The molecule has 0 bridgehead atoms. The van der Waals surface area contributed by atoms with Crippen molar-refractivity contribution in [2.45, 2.75) is 43.9 Å². The molecule has 0 radical (unpaired) electrons. The SMILES string of the molecule is CNC(CSC(C)(C)C)(C(=O)O)C1CC1. The van der Waals surface area contributed by atoms with Gasteiger partial charge in [-0.05, 0) is 25.8 Å². The lowest BCUT2D eigenvalue weighted by molar-refractivity contribution is -0.144. The van der Waals surface area contributed by atoms with Crippen LogP contribution in [0.5, 0.6) is 0 Å². The zero-order valence-corrected chi connectivity index (χ0v) is 10.8. The van der Waals surface area contributed by atoms with Crippen LogP contribution in [-0.2, 0) is 4.79 Å². The van der Waals surface area contributed by atoms with Gasteiger partial charge >= 0.3 is 5.97 Å². The first-order valence-electron chi connectivity index (χ1n) is 5.38. The smallest absolute Gasteiger partial charge is 0.325 e. The number of likely N-dealkylation sites (N-methyl/N-ethyl adjacent to an activating group) is 1. The van der Waals surface area contributed by atoms with E-state index in [4.69, 9.17) is 0 Å². The Bertz CT molecular complexity index is 245. The molecule has 4 heteroatoms. The third kappa shape index (κ3) is 3.11. The fraction of sp³-hybridized carbons (Fsp3) is 0.909. The molecular weight excluding hydrogens is 210 g/mol. The highest BCUT2D eigenvalue weighted by Crippen LogP contribution is 2.43. The minimum Gasteiger partial charge on any atom is -0.480 e. The van der Waals surface area contributed by atoms with Crippen LogP contribution in [0.25, 0.3) is 0 Å². The standard InChI is InChI=1S/C11H21NO2S/c1-10(2,3)15-7-11(12-4,9(13)14)8-5-6-8/h8,12H,5-7H2,1-4H3,(H,13,14). The van der Waals surface area contributed by atoms with Gasteiger partial charge in [-0.3, -0.25) is 4.79 Å². The van der Waals surface area contributed by atoms with Crippen molar-refractivity contribution in [2.24, 2.45) is 5.92 Å². The molecule has 1 unspecified atom stereocenters. The van der Waals surface area contributed by atoms with E-state index in [1.165, 1.54) is 0 Å². The molecule has 1 fully saturated rings.